The van der Waals surface area contributed by atoms with E-state index >= 15 is 0 Å². The number of H-pyrrole nitrogens is 1. The first-order valence-electron chi connectivity index (χ1n) is 6.38. The van der Waals surface area contributed by atoms with Crippen molar-refractivity contribution in [3.63, 3.8) is 0 Å². The van der Waals surface area contributed by atoms with E-state index in [4.69, 9.17) is 0 Å². The second-order valence-corrected chi connectivity index (χ2v) is 4.78. The number of aryl methyl sites for hydroxylation is 2. The molecular formula is C14H15N5O. The highest BCUT2D eigenvalue weighted by molar-refractivity contribution is 5.37. The van der Waals surface area contributed by atoms with Crippen LogP contribution in [-0.4, -0.2) is 19.6 Å². The van der Waals surface area contributed by atoms with Crippen molar-refractivity contribution in [3.8, 4) is 0 Å². The van der Waals surface area contributed by atoms with Crippen LogP contribution in [0.15, 0.2) is 35.1 Å². The zero-order valence-corrected chi connectivity index (χ0v) is 11.3. The fraction of sp³-hybridized carbons (Fsp3) is 0.214. The maximum absolute atomic E-state index is 11.7. The van der Waals surface area contributed by atoms with E-state index in [1.54, 1.807) is 6.92 Å². The van der Waals surface area contributed by atoms with Crippen LogP contribution in [0.25, 0.3) is 5.78 Å². The Morgan fingerprint density at radius 2 is 1.95 bits per heavy atom. The van der Waals surface area contributed by atoms with Gasteiger partial charge in [-0.3, -0.25) is 9.89 Å². The highest BCUT2D eigenvalue weighted by atomic mass is 16.1. The number of anilines is 1. The lowest BCUT2D eigenvalue weighted by Crippen LogP contribution is -2.14. The quantitative estimate of drug-likeness (QED) is 0.758. The molecule has 0 saturated heterocycles. The summed E-state index contributed by atoms with van der Waals surface area (Å²) in [4.78, 5) is 20.2. The third-order valence-electron chi connectivity index (χ3n) is 3.04. The van der Waals surface area contributed by atoms with Crippen LogP contribution in [0.3, 0.4) is 0 Å². The van der Waals surface area contributed by atoms with Crippen molar-refractivity contribution in [2.75, 3.05) is 5.32 Å². The number of rotatable bonds is 3. The number of fused-ring (bicyclic) bond motifs is 1. The van der Waals surface area contributed by atoms with Gasteiger partial charge in [0, 0.05) is 18.3 Å². The second kappa shape index (κ2) is 4.80. The van der Waals surface area contributed by atoms with E-state index in [1.165, 1.54) is 16.1 Å². The Bertz CT molecular complexity index is 801. The first kappa shape index (κ1) is 12.4. The summed E-state index contributed by atoms with van der Waals surface area (Å²) in [6, 6.07) is 9.70. The van der Waals surface area contributed by atoms with Crippen molar-refractivity contribution in [2.45, 2.75) is 20.4 Å². The summed E-state index contributed by atoms with van der Waals surface area (Å²) in [5.74, 6) is 0.905. The minimum atomic E-state index is -0.164. The molecule has 20 heavy (non-hydrogen) atoms. The zero-order valence-electron chi connectivity index (χ0n) is 11.3. The van der Waals surface area contributed by atoms with Crippen molar-refractivity contribution < 1.29 is 0 Å². The number of aromatic amines is 1. The maximum atomic E-state index is 11.7. The monoisotopic (exact) mass is 269 g/mol. The van der Waals surface area contributed by atoms with E-state index in [9.17, 15) is 4.79 Å². The van der Waals surface area contributed by atoms with Crippen molar-refractivity contribution in [1.29, 1.82) is 0 Å². The highest BCUT2D eigenvalue weighted by Crippen LogP contribution is 2.06. The first-order chi connectivity index (χ1) is 9.61. The van der Waals surface area contributed by atoms with Crippen LogP contribution in [0.5, 0.6) is 0 Å². The second-order valence-electron chi connectivity index (χ2n) is 4.78. The molecule has 6 heteroatoms. The summed E-state index contributed by atoms with van der Waals surface area (Å²) in [7, 11) is 0. The lowest BCUT2D eigenvalue weighted by atomic mass is 10.1. The van der Waals surface area contributed by atoms with Gasteiger partial charge in [-0.15, -0.1) is 0 Å². The molecule has 0 atom stereocenters. The average molecular weight is 269 g/mol. The van der Waals surface area contributed by atoms with Gasteiger partial charge in [-0.2, -0.15) is 9.50 Å². The SMILES string of the molecule is Cc1ccc(CNc2nc3nc(C)cc(=O)n3[nH]2)cc1. The van der Waals surface area contributed by atoms with E-state index in [2.05, 4.69) is 51.6 Å². The topological polar surface area (TPSA) is 75.1 Å². The summed E-state index contributed by atoms with van der Waals surface area (Å²) in [5, 5.41) is 6.04. The molecule has 0 bridgehead atoms. The van der Waals surface area contributed by atoms with Crippen LogP contribution in [0.1, 0.15) is 16.8 Å². The fourth-order valence-electron chi connectivity index (χ4n) is 1.96. The third kappa shape index (κ3) is 2.40. The van der Waals surface area contributed by atoms with Gasteiger partial charge >= 0.3 is 0 Å². The Morgan fingerprint density at radius 1 is 1.20 bits per heavy atom. The fourth-order valence-corrected chi connectivity index (χ4v) is 1.96. The standard InChI is InChI=1S/C14H15N5O/c1-9-3-5-11(6-4-9)8-15-13-17-14-16-10(2)7-12(20)19(14)18-13/h3-7H,8H2,1-2H3,(H2,15,16,17,18). The van der Waals surface area contributed by atoms with Gasteiger partial charge in [0.15, 0.2) is 0 Å². The molecule has 3 rings (SSSR count). The van der Waals surface area contributed by atoms with Gasteiger partial charge in [0.1, 0.15) is 0 Å². The molecule has 0 spiro atoms. The van der Waals surface area contributed by atoms with E-state index < -0.39 is 0 Å². The molecule has 1 aromatic carbocycles. The molecule has 102 valence electrons. The molecule has 0 aliphatic rings. The number of nitrogens with zero attached hydrogens (tertiary/aromatic N) is 3. The Morgan fingerprint density at radius 3 is 2.70 bits per heavy atom. The zero-order chi connectivity index (χ0) is 14.1. The van der Waals surface area contributed by atoms with Gasteiger partial charge < -0.3 is 5.32 Å². The predicted octanol–water partition coefficient (Wildman–Crippen LogP) is 1.65. The molecule has 0 unspecified atom stereocenters. The number of benzene rings is 1. The Labute approximate surface area is 115 Å². The Kier molecular flexibility index (Phi) is 2.98. The third-order valence-corrected chi connectivity index (χ3v) is 3.04. The summed E-state index contributed by atoms with van der Waals surface area (Å²) >= 11 is 0. The number of aromatic nitrogens is 4. The van der Waals surface area contributed by atoms with Gasteiger partial charge in [-0.05, 0) is 19.4 Å². The van der Waals surface area contributed by atoms with E-state index in [-0.39, 0.29) is 5.56 Å². The van der Waals surface area contributed by atoms with Gasteiger partial charge in [0.25, 0.3) is 11.3 Å². The lowest BCUT2D eigenvalue weighted by Gasteiger charge is -2.02. The van der Waals surface area contributed by atoms with Gasteiger partial charge in [0.2, 0.25) is 5.95 Å². The molecule has 0 fully saturated rings. The summed E-state index contributed by atoms with van der Waals surface area (Å²) in [5.41, 5.74) is 2.87. The van der Waals surface area contributed by atoms with E-state index in [1.807, 2.05) is 0 Å². The summed E-state index contributed by atoms with van der Waals surface area (Å²) in [6.45, 7) is 4.46. The molecule has 2 N–H and O–H groups in total. The molecule has 2 aromatic heterocycles. The smallest absolute Gasteiger partial charge is 0.274 e. The maximum Gasteiger partial charge on any atom is 0.274 e. The minimum absolute atomic E-state index is 0.164. The van der Waals surface area contributed by atoms with Crippen molar-refractivity contribution >= 4 is 11.7 Å². The Balaban J connectivity index is 1.83. The molecule has 0 aliphatic heterocycles. The Hall–Kier alpha value is -2.63. The molecule has 0 amide bonds. The number of hydrogen-bond donors (Lipinski definition) is 2. The predicted molar refractivity (Wildman–Crippen MR) is 76.9 cm³/mol. The van der Waals surface area contributed by atoms with Crippen LogP contribution >= 0.6 is 0 Å². The summed E-state index contributed by atoms with van der Waals surface area (Å²) < 4.78 is 1.32. The molecule has 0 radical (unpaired) electrons. The molecule has 6 nitrogen and oxygen atoms in total. The number of hydrogen-bond acceptors (Lipinski definition) is 4. The summed E-state index contributed by atoms with van der Waals surface area (Å²) in [6.07, 6.45) is 0. The van der Waals surface area contributed by atoms with Crippen LogP contribution < -0.4 is 10.9 Å². The van der Waals surface area contributed by atoms with Crippen molar-refractivity contribution in [3.05, 3.63) is 57.5 Å². The number of nitrogens with one attached hydrogen (secondary N) is 2. The molecule has 0 aliphatic carbocycles. The first-order valence-corrected chi connectivity index (χ1v) is 6.38. The van der Waals surface area contributed by atoms with Crippen LogP contribution in [0.2, 0.25) is 0 Å². The van der Waals surface area contributed by atoms with E-state index in [0.29, 0.717) is 24.0 Å². The largest absolute Gasteiger partial charge is 0.351 e. The van der Waals surface area contributed by atoms with Gasteiger partial charge in [-0.25, -0.2) is 4.98 Å². The molecule has 2 heterocycles. The van der Waals surface area contributed by atoms with Crippen molar-refractivity contribution in [1.82, 2.24) is 19.6 Å². The molecular weight excluding hydrogens is 254 g/mol. The van der Waals surface area contributed by atoms with Crippen LogP contribution in [0.4, 0.5) is 5.95 Å². The molecule has 0 saturated carbocycles. The van der Waals surface area contributed by atoms with Crippen molar-refractivity contribution in [2.24, 2.45) is 0 Å². The van der Waals surface area contributed by atoms with Gasteiger partial charge in [-0.1, -0.05) is 29.8 Å². The van der Waals surface area contributed by atoms with E-state index in [0.717, 1.165) is 5.56 Å². The lowest BCUT2D eigenvalue weighted by molar-refractivity contribution is 0.886. The van der Waals surface area contributed by atoms with Crippen LogP contribution in [0, 0.1) is 13.8 Å². The average Bonchev–Trinajstić information content (AvgIpc) is 2.81. The highest BCUT2D eigenvalue weighted by Gasteiger charge is 2.05. The van der Waals surface area contributed by atoms with Gasteiger partial charge in [0.05, 0.1) is 0 Å². The minimum Gasteiger partial charge on any atom is -0.351 e. The molecule has 3 aromatic rings. The van der Waals surface area contributed by atoms with Crippen LogP contribution in [-0.2, 0) is 6.54 Å². The normalized spacial score (nSPS) is 10.9.